The Kier molecular flexibility index (Phi) is 4.15. The Hall–Kier alpha value is -2.34. The van der Waals surface area contributed by atoms with E-state index in [4.69, 9.17) is 15.2 Å². The Balaban J connectivity index is 2.22. The molecule has 0 radical (unpaired) electrons. The van der Waals surface area contributed by atoms with Crippen molar-refractivity contribution in [2.45, 2.75) is 6.61 Å². The number of nitrogens with two attached hydrogens (primary N) is 1. The van der Waals surface area contributed by atoms with Crippen molar-refractivity contribution in [2.24, 2.45) is 0 Å². The van der Waals surface area contributed by atoms with Crippen LogP contribution >= 0.6 is 0 Å². The first-order chi connectivity index (χ1) is 9.21. The van der Waals surface area contributed by atoms with Gasteiger partial charge in [0, 0.05) is 24.9 Å². The third kappa shape index (κ3) is 3.56. The van der Waals surface area contributed by atoms with Gasteiger partial charge in [-0.25, -0.2) is 9.97 Å². The summed E-state index contributed by atoms with van der Waals surface area (Å²) in [6.07, 6.45) is 0. The molecule has 0 bridgehead atoms. The van der Waals surface area contributed by atoms with Gasteiger partial charge in [-0.15, -0.1) is 0 Å². The van der Waals surface area contributed by atoms with Crippen LogP contribution in [0.15, 0.2) is 30.3 Å². The van der Waals surface area contributed by atoms with E-state index in [-0.39, 0.29) is 0 Å². The number of methoxy groups -OCH3 is 2. The number of aromatic nitrogens is 2. The van der Waals surface area contributed by atoms with Crippen molar-refractivity contribution in [3.8, 4) is 5.75 Å². The van der Waals surface area contributed by atoms with Crippen molar-refractivity contribution in [3.05, 3.63) is 36.2 Å². The Bertz CT molecular complexity index is 560. The molecule has 0 aliphatic rings. The van der Waals surface area contributed by atoms with Crippen molar-refractivity contribution >= 4 is 17.3 Å². The topological polar surface area (TPSA) is 82.3 Å². The highest BCUT2D eigenvalue weighted by molar-refractivity contribution is 5.60. The summed E-state index contributed by atoms with van der Waals surface area (Å²) in [6.45, 7) is 0.317. The maximum Gasteiger partial charge on any atom is 0.158 e. The number of anilines is 3. The molecule has 0 fully saturated rings. The van der Waals surface area contributed by atoms with E-state index < -0.39 is 0 Å². The standard InChI is InChI=1S/C13H16N4O2/c1-18-8-13-16-11(14)7-12(17-13)15-9-4-3-5-10(6-9)19-2/h3-7H,8H2,1-2H3,(H3,14,15,16,17). The van der Waals surface area contributed by atoms with E-state index in [0.717, 1.165) is 11.4 Å². The molecular formula is C13H16N4O2. The second-order valence-electron chi connectivity index (χ2n) is 3.88. The number of hydrogen-bond donors (Lipinski definition) is 2. The monoisotopic (exact) mass is 260 g/mol. The third-order valence-electron chi connectivity index (χ3n) is 2.41. The van der Waals surface area contributed by atoms with Crippen molar-refractivity contribution in [2.75, 3.05) is 25.3 Å². The first-order valence-electron chi connectivity index (χ1n) is 5.74. The Morgan fingerprint density at radius 1 is 1.21 bits per heavy atom. The Labute approximate surface area is 111 Å². The molecule has 2 aromatic rings. The van der Waals surface area contributed by atoms with E-state index in [1.807, 2.05) is 24.3 Å². The molecule has 1 aromatic heterocycles. The SMILES string of the molecule is COCc1nc(N)cc(Nc2cccc(OC)c2)n1. The van der Waals surface area contributed by atoms with Crippen LogP contribution in [0.2, 0.25) is 0 Å². The summed E-state index contributed by atoms with van der Waals surface area (Å²) >= 11 is 0. The minimum absolute atomic E-state index is 0.317. The average Bonchev–Trinajstić information content (AvgIpc) is 2.38. The van der Waals surface area contributed by atoms with Crippen molar-refractivity contribution < 1.29 is 9.47 Å². The number of ether oxygens (including phenoxy) is 2. The molecule has 0 saturated carbocycles. The van der Waals surface area contributed by atoms with Crippen LogP contribution in [0, 0.1) is 0 Å². The summed E-state index contributed by atoms with van der Waals surface area (Å²) < 4.78 is 10.2. The molecular weight excluding hydrogens is 244 g/mol. The van der Waals surface area contributed by atoms with Gasteiger partial charge in [-0.2, -0.15) is 0 Å². The van der Waals surface area contributed by atoms with Crippen LogP contribution in [0.1, 0.15) is 5.82 Å². The fourth-order valence-corrected chi connectivity index (χ4v) is 1.62. The van der Waals surface area contributed by atoms with Crippen LogP contribution < -0.4 is 15.8 Å². The molecule has 6 nitrogen and oxygen atoms in total. The Morgan fingerprint density at radius 2 is 2.05 bits per heavy atom. The van der Waals surface area contributed by atoms with Gasteiger partial charge in [0.1, 0.15) is 24.0 Å². The van der Waals surface area contributed by atoms with Gasteiger partial charge in [-0.3, -0.25) is 0 Å². The zero-order valence-electron chi connectivity index (χ0n) is 10.9. The summed E-state index contributed by atoms with van der Waals surface area (Å²) in [7, 11) is 3.21. The fourth-order valence-electron chi connectivity index (χ4n) is 1.62. The van der Waals surface area contributed by atoms with E-state index in [1.54, 1.807) is 20.3 Å². The molecule has 0 spiro atoms. The average molecular weight is 260 g/mol. The lowest BCUT2D eigenvalue weighted by Crippen LogP contribution is -2.04. The lowest BCUT2D eigenvalue weighted by atomic mass is 10.3. The highest BCUT2D eigenvalue weighted by Crippen LogP contribution is 2.21. The molecule has 0 saturated heterocycles. The number of benzene rings is 1. The van der Waals surface area contributed by atoms with Gasteiger partial charge < -0.3 is 20.5 Å². The van der Waals surface area contributed by atoms with Crippen LogP contribution in [0.25, 0.3) is 0 Å². The molecule has 1 aromatic carbocycles. The van der Waals surface area contributed by atoms with E-state index in [9.17, 15) is 0 Å². The largest absolute Gasteiger partial charge is 0.497 e. The van der Waals surface area contributed by atoms with Crippen LogP contribution in [0.4, 0.5) is 17.3 Å². The summed E-state index contributed by atoms with van der Waals surface area (Å²) in [4.78, 5) is 8.38. The number of nitrogens with zero attached hydrogens (tertiary/aromatic N) is 2. The predicted molar refractivity (Wildman–Crippen MR) is 73.4 cm³/mol. The Morgan fingerprint density at radius 3 is 2.79 bits per heavy atom. The lowest BCUT2D eigenvalue weighted by Gasteiger charge is -2.09. The van der Waals surface area contributed by atoms with E-state index in [0.29, 0.717) is 24.1 Å². The molecule has 0 amide bonds. The van der Waals surface area contributed by atoms with Crippen LogP contribution in [-0.2, 0) is 11.3 Å². The highest BCUT2D eigenvalue weighted by Gasteiger charge is 2.03. The van der Waals surface area contributed by atoms with E-state index in [1.165, 1.54) is 0 Å². The van der Waals surface area contributed by atoms with E-state index >= 15 is 0 Å². The molecule has 2 rings (SSSR count). The number of hydrogen-bond acceptors (Lipinski definition) is 6. The van der Waals surface area contributed by atoms with Gasteiger partial charge in [0.2, 0.25) is 0 Å². The zero-order chi connectivity index (χ0) is 13.7. The summed E-state index contributed by atoms with van der Waals surface area (Å²) in [5, 5.41) is 3.15. The summed E-state index contributed by atoms with van der Waals surface area (Å²) in [6, 6.07) is 9.21. The molecule has 100 valence electrons. The van der Waals surface area contributed by atoms with Gasteiger partial charge in [-0.1, -0.05) is 6.07 Å². The molecule has 0 atom stereocenters. The smallest absolute Gasteiger partial charge is 0.158 e. The van der Waals surface area contributed by atoms with Gasteiger partial charge in [0.25, 0.3) is 0 Å². The number of nitrogens with one attached hydrogen (secondary N) is 1. The molecule has 19 heavy (non-hydrogen) atoms. The zero-order valence-corrected chi connectivity index (χ0v) is 10.9. The summed E-state index contributed by atoms with van der Waals surface area (Å²) in [5.41, 5.74) is 6.59. The molecule has 0 aliphatic carbocycles. The van der Waals surface area contributed by atoms with Crippen molar-refractivity contribution in [1.82, 2.24) is 9.97 Å². The van der Waals surface area contributed by atoms with Crippen molar-refractivity contribution in [3.63, 3.8) is 0 Å². The molecule has 0 aliphatic heterocycles. The van der Waals surface area contributed by atoms with Gasteiger partial charge in [0.15, 0.2) is 5.82 Å². The number of nitrogen functional groups attached to an aromatic ring is 1. The first kappa shape index (κ1) is 13.1. The first-order valence-corrected chi connectivity index (χ1v) is 5.74. The minimum Gasteiger partial charge on any atom is -0.497 e. The molecule has 1 heterocycles. The van der Waals surface area contributed by atoms with Gasteiger partial charge >= 0.3 is 0 Å². The van der Waals surface area contributed by atoms with Crippen molar-refractivity contribution in [1.29, 1.82) is 0 Å². The lowest BCUT2D eigenvalue weighted by molar-refractivity contribution is 0.178. The predicted octanol–water partition coefficient (Wildman–Crippen LogP) is 1.96. The minimum atomic E-state index is 0.317. The molecule has 6 heteroatoms. The maximum absolute atomic E-state index is 5.73. The highest BCUT2D eigenvalue weighted by atomic mass is 16.5. The summed E-state index contributed by atoms with van der Waals surface area (Å²) in [5.74, 6) is 2.32. The fraction of sp³-hybridized carbons (Fsp3) is 0.231. The second-order valence-corrected chi connectivity index (χ2v) is 3.88. The van der Waals surface area contributed by atoms with E-state index in [2.05, 4.69) is 15.3 Å². The molecule has 3 N–H and O–H groups in total. The van der Waals surface area contributed by atoms with Gasteiger partial charge in [-0.05, 0) is 12.1 Å². The third-order valence-corrected chi connectivity index (χ3v) is 2.41. The quantitative estimate of drug-likeness (QED) is 0.855. The second kappa shape index (κ2) is 6.01. The van der Waals surface area contributed by atoms with Crippen LogP contribution in [-0.4, -0.2) is 24.2 Å². The van der Waals surface area contributed by atoms with Gasteiger partial charge in [0.05, 0.1) is 7.11 Å². The molecule has 0 unspecified atom stereocenters. The normalized spacial score (nSPS) is 10.2. The maximum atomic E-state index is 5.73. The van der Waals surface area contributed by atoms with Crippen LogP contribution in [0.3, 0.4) is 0 Å². The number of rotatable bonds is 5. The van der Waals surface area contributed by atoms with Crippen LogP contribution in [0.5, 0.6) is 5.75 Å².